The van der Waals surface area contributed by atoms with Crippen LogP contribution in [0.1, 0.15) is 0 Å². The van der Waals surface area contributed by atoms with Crippen molar-refractivity contribution in [1.29, 1.82) is 0 Å². The lowest BCUT2D eigenvalue weighted by Crippen LogP contribution is -2.32. The number of methoxy groups -OCH3 is 1. The summed E-state index contributed by atoms with van der Waals surface area (Å²) in [5.41, 5.74) is 0.673. The second-order valence-electron chi connectivity index (χ2n) is 4.94. The van der Waals surface area contributed by atoms with Crippen LogP contribution in [-0.4, -0.2) is 18.9 Å². The minimum Gasteiger partial charge on any atom is -0.495 e. The second kappa shape index (κ2) is 6.33. The van der Waals surface area contributed by atoms with Crippen molar-refractivity contribution in [2.75, 3.05) is 17.3 Å². The molecule has 1 aliphatic heterocycles. The Morgan fingerprint density at radius 2 is 1.71 bits per heavy atom. The summed E-state index contributed by atoms with van der Waals surface area (Å²) in [6.45, 7) is 0. The van der Waals surface area contributed by atoms with Crippen LogP contribution in [0.2, 0.25) is 0 Å². The first kappa shape index (κ1) is 16.0. The highest BCUT2D eigenvalue weighted by atomic mass is 35.5. The van der Waals surface area contributed by atoms with E-state index in [1.54, 1.807) is 24.3 Å². The van der Waals surface area contributed by atoms with Crippen molar-refractivity contribution in [3.63, 3.8) is 0 Å². The first-order valence-corrected chi connectivity index (χ1v) is 7.35. The first-order chi connectivity index (χ1) is 11.5. The number of benzene rings is 2. The van der Waals surface area contributed by atoms with E-state index in [0.717, 1.165) is 17.0 Å². The minimum absolute atomic E-state index is 0.0597. The van der Waals surface area contributed by atoms with Crippen LogP contribution in [0.5, 0.6) is 5.75 Å². The molecule has 0 aromatic heterocycles. The standard InChI is InChI=1S/C17H12ClFN2O3/c1-24-13-5-3-2-4-12(13)20-15-14(18)16(22)21(17(15)23)11-8-6-10(19)7-9-11/h2-9,20H,1H3. The molecule has 0 saturated heterocycles. The summed E-state index contributed by atoms with van der Waals surface area (Å²) in [5, 5.41) is 2.60. The Labute approximate surface area is 142 Å². The molecule has 5 nitrogen and oxygen atoms in total. The maximum atomic E-state index is 13.0. The topological polar surface area (TPSA) is 58.6 Å². The van der Waals surface area contributed by atoms with E-state index in [4.69, 9.17) is 16.3 Å². The van der Waals surface area contributed by atoms with Gasteiger partial charge in [-0.2, -0.15) is 0 Å². The van der Waals surface area contributed by atoms with Gasteiger partial charge in [-0.1, -0.05) is 23.7 Å². The van der Waals surface area contributed by atoms with Crippen LogP contribution in [-0.2, 0) is 9.59 Å². The predicted octanol–water partition coefficient (Wildman–Crippen LogP) is 3.27. The van der Waals surface area contributed by atoms with Crippen LogP contribution in [0.3, 0.4) is 0 Å². The lowest BCUT2D eigenvalue weighted by Gasteiger charge is -2.15. The summed E-state index contributed by atoms with van der Waals surface area (Å²) in [4.78, 5) is 25.8. The summed E-state index contributed by atoms with van der Waals surface area (Å²) in [6.07, 6.45) is 0. The van der Waals surface area contributed by atoms with Gasteiger partial charge in [0.15, 0.2) is 0 Å². The molecule has 24 heavy (non-hydrogen) atoms. The highest BCUT2D eigenvalue weighted by Gasteiger charge is 2.39. The molecule has 0 radical (unpaired) electrons. The van der Waals surface area contributed by atoms with Gasteiger partial charge in [0.1, 0.15) is 22.3 Å². The number of para-hydroxylation sites is 2. The quantitative estimate of drug-likeness (QED) is 0.863. The SMILES string of the molecule is COc1ccccc1NC1=C(Cl)C(=O)N(c2ccc(F)cc2)C1=O. The van der Waals surface area contributed by atoms with E-state index in [1.165, 1.54) is 19.2 Å². The molecule has 1 N–H and O–H groups in total. The van der Waals surface area contributed by atoms with Crippen LogP contribution < -0.4 is 15.0 Å². The highest BCUT2D eigenvalue weighted by Crippen LogP contribution is 2.32. The monoisotopic (exact) mass is 346 g/mol. The van der Waals surface area contributed by atoms with E-state index in [1.807, 2.05) is 0 Å². The molecule has 7 heteroatoms. The van der Waals surface area contributed by atoms with Gasteiger partial charge >= 0.3 is 0 Å². The smallest absolute Gasteiger partial charge is 0.283 e. The molecular formula is C17H12ClFN2O3. The van der Waals surface area contributed by atoms with Gasteiger partial charge < -0.3 is 10.1 Å². The molecule has 0 aliphatic carbocycles. The van der Waals surface area contributed by atoms with E-state index in [-0.39, 0.29) is 16.4 Å². The minimum atomic E-state index is -0.675. The second-order valence-corrected chi connectivity index (χ2v) is 5.31. The molecule has 1 aliphatic rings. The van der Waals surface area contributed by atoms with Crippen molar-refractivity contribution in [3.8, 4) is 5.75 Å². The molecule has 2 amide bonds. The molecule has 0 atom stereocenters. The molecule has 0 fully saturated rings. The molecule has 3 rings (SSSR count). The number of ether oxygens (including phenoxy) is 1. The molecule has 122 valence electrons. The number of amides is 2. The van der Waals surface area contributed by atoms with Crippen molar-refractivity contribution in [2.24, 2.45) is 0 Å². The van der Waals surface area contributed by atoms with Gasteiger partial charge in [-0.25, -0.2) is 9.29 Å². The van der Waals surface area contributed by atoms with E-state index < -0.39 is 17.6 Å². The third-order valence-electron chi connectivity index (χ3n) is 3.48. The number of hydrogen-bond donors (Lipinski definition) is 1. The first-order valence-electron chi connectivity index (χ1n) is 6.97. The van der Waals surface area contributed by atoms with Crippen molar-refractivity contribution in [1.82, 2.24) is 0 Å². The van der Waals surface area contributed by atoms with Crippen LogP contribution in [0, 0.1) is 5.82 Å². The zero-order chi connectivity index (χ0) is 17.3. The van der Waals surface area contributed by atoms with Crippen LogP contribution in [0.25, 0.3) is 0 Å². The van der Waals surface area contributed by atoms with E-state index in [0.29, 0.717) is 11.4 Å². The lowest BCUT2D eigenvalue weighted by molar-refractivity contribution is -0.120. The number of hydrogen-bond acceptors (Lipinski definition) is 4. The lowest BCUT2D eigenvalue weighted by atomic mass is 10.2. The molecule has 0 bridgehead atoms. The predicted molar refractivity (Wildman–Crippen MR) is 88.4 cm³/mol. The van der Waals surface area contributed by atoms with Gasteiger partial charge in [0.25, 0.3) is 11.8 Å². The molecule has 0 saturated carbocycles. The number of carbonyl (C=O) groups excluding carboxylic acids is 2. The molecule has 0 unspecified atom stereocenters. The normalized spacial score (nSPS) is 14.4. The Hall–Kier alpha value is -2.86. The summed E-state index contributed by atoms with van der Waals surface area (Å²) < 4.78 is 18.2. The number of imide groups is 1. The summed E-state index contributed by atoms with van der Waals surface area (Å²) in [6, 6.07) is 11.9. The maximum absolute atomic E-state index is 13.0. The van der Waals surface area contributed by atoms with E-state index in [9.17, 15) is 14.0 Å². The molecule has 2 aromatic carbocycles. The maximum Gasteiger partial charge on any atom is 0.283 e. The number of nitrogens with one attached hydrogen (secondary N) is 1. The summed E-state index contributed by atoms with van der Waals surface area (Å²) in [7, 11) is 1.49. The van der Waals surface area contributed by atoms with Gasteiger partial charge in [0.2, 0.25) is 0 Å². The van der Waals surface area contributed by atoms with Gasteiger partial charge in [-0.15, -0.1) is 0 Å². The Kier molecular flexibility index (Phi) is 4.22. The number of nitrogens with zero attached hydrogens (tertiary/aromatic N) is 1. The highest BCUT2D eigenvalue weighted by molar-refractivity contribution is 6.53. The van der Waals surface area contributed by atoms with Crippen LogP contribution in [0.15, 0.2) is 59.3 Å². The van der Waals surface area contributed by atoms with Gasteiger partial charge in [-0.05, 0) is 36.4 Å². The number of rotatable bonds is 4. The Morgan fingerprint density at radius 3 is 2.38 bits per heavy atom. The fraction of sp³-hybridized carbons (Fsp3) is 0.0588. The van der Waals surface area contributed by atoms with Crippen LogP contribution >= 0.6 is 11.6 Å². The third-order valence-corrected chi connectivity index (χ3v) is 3.83. The van der Waals surface area contributed by atoms with Crippen molar-refractivity contribution < 1.29 is 18.7 Å². The fourth-order valence-electron chi connectivity index (χ4n) is 2.32. The van der Waals surface area contributed by atoms with Gasteiger partial charge in [-0.3, -0.25) is 9.59 Å². The Balaban J connectivity index is 1.93. The molecular weight excluding hydrogens is 335 g/mol. The van der Waals surface area contributed by atoms with Crippen molar-refractivity contribution in [3.05, 3.63) is 65.1 Å². The Bertz CT molecular complexity index is 849. The largest absolute Gasteiger partial charge is 0.495 e. The van der Waals surface area contributed by atoms with Crippen LogP contribution in [0.4, 0.5) is 15.8 Å². The van der Waals surface area contributed by atoms with Gasteiger partial charge in [0.05, 0.1) is 18.5 Å². The van der Waals surface area contributed by atoms with Gasteiger partial charge in [0, 0.05) is 0 Å². The van der Waals surface area contributed by atoms with Crippen molar-refractivity contribution in [2.45, 2.75) is 0 Å². The number of carbonyl (C=O) groups is 2. The summed E-state index contributed by atoms with van der Waals surface area (Å²) >= 11 is 6.04. The van der Waals surface area contributed by atoms with Crippen molar-refractivity contribution >= 4 is 34.8 Å². The molecule has 2 aromatic rings. The molecule has 1 heterocycles. The zero-order valence-corrected chi connectivity index (χ0v) is 13.3. The van der Waals surface area contributed by atoms with E-state index in [2.05, 4.69) is 5.32 Å². The fourth-order valence-corrected chi connectivity index (χ4v) is 2.53. The van der Waals surface area contributed by atoms with E-state index >= 15 is 0 Å². The average molecular weight is 347 g/mol. The average Bonchev–Trinajstić information content (AvgIpc) is 2.80. The zero-order valence-electron chi connectivity index (χ0n) is 12.5. The number of halogens is 2. The molecule has 0 spiro atoms. The third kappa shape index (κ3) is 2.72. The Morgan fingerprint density at radius 1 is 1.04 bits per heavy atom. The summed E-state index contributed by atoms with van der Waals surface area (Å²) in [5.74, 6) is -1.27. The number of anilines is 2.